The maximum atomic E-state index is 13.2. The number of alkyl halides is 2. The molecule has 0 saturated heterocycles. The van der Waals surface area contributed by atoms with Crippen LogP contribution in [0.1, 0.15) is 17.5 Å². The number of hydrogen-bond donors (Lipinski definition) is 1. The molecule has 1 unspecified atom stereocenters. The fourth-order valence-corrected chi connectivity index (χ4v) is 1.86. The summed E-state index contributed by atoms with van der Waals surface area (Å²) in [6, 6.07) is 7.20. The van der Waals surface area contributed by atoms with E-state index in [0.29, 0.717) is 5.56 Å². The number of aryl methyl sites for hydroxylation is 1. The maximum Gasteiger partial charge on any atom is 0.260 e. The molecule has 3 heteroatoms. The van der Waals surface area contributed by atoms with Crippen molar-refractivity contribution in [3.63, 3.8) is 0 Å². The van der Waals surface area contributed by atoms with Crippen LogP contribution in [-0.2, 0) is 5.41 Å². The Morgan fingerprint density at radius 3 is 2.14 bits per heavy atom. The van der Waals surface area contributed by atoms with E-state index in [4.69, 9.17) is 5.73 Å². The quantitative estimate of drug-likeness (QED) is 0.773. The molecule has 76 valence electrons. The minimum Gasteiger partial charge on any atom is -0.329 e. The van der Waals surface area contributed by atoms with Crippen molar-refractivity contribution in [1.82, 2.24) is 0 Å². The predicted octanol–water partition coefficient (Wildman–Crippen LogP) is 2.23. The number of nitrogens with two attached hydrogens (primary N) is 1. The number of halogens is 2. The molecule has 1 atom stereocenters. The van der Waals surface area contributed by atoms with Gasteiger partial charge in [0.15, 0.2) is 0 Å². The number of rotatable bonds is 2. The molecule has 1 fully saturated rings. The van der Waals surface area contributed by atoms with E-state index in [1.807, 2.05) is 19.1 Å². The molecule has 0 aromatic heterocycles. The lowest BCUT2D eigenvalue weighted by atomic mass is 9.94. The van der Waals surface area contributed by atoms with Crippen LogP contribution in [0.4, 0.5) is 8.78 Å². The molecule has 0 radical (unpaired) electrons. The number of benzene rings is 1. The van der Waals surface area contributed by atoms with E-state index in [1.54, 1.807) is 12.1 Å². The summed E-state index contributed by atoms with van der Waals surface area (Å²) in [7, 11) is 0. The zero-order valence-corrected chi connectivity index (χ0v) is 8.06. The first-order chi connectivity index (χ1) is 6.52. The van der Waals surface area contributed by atoms with Gasteiger partial charge in [-0.1, -0.05) is 29.8 Å². The van der Waals surface area contributed by atoms with Gasteiger partial charge in [-0.3, -0.25) is 0 Å². The topological polar surface area (TPSA) is 26.0 Å². The minimum absolute atomic E-state index is 0.0169. The Morgan fingerprint density at radius 2 is 1.79 bits per heavy atom. The zero-order chi connectivity index (χ0) is 10.4. The van der Waals surface area contributed by atoms with E-state index in [1.165, 1.54) is 0 Å². The summed E-state index contributed by atoms with van der Waals surface area (Å²) in [5, 5.41) is 0. The Hall–Kier alpha value is -0.960. The van der Waals surface area contributed by atoms with Gasteiger partial charge in [-0.2, -0.15) is 0 Å². The standard InChI is InChI=1S/C11H13F2N/c1-8-2-4-9(5-3-8)10(7-14)6-11(10,12)13/h2-5H,6-7,14H2,1H3. The highest BCUT2D eigenvalue weighted by Crippen LogP contribution is 2.60. The van der Waals surface area contributed by atoms with E-state index in [2.05, 4.69) is 0 Å². The second-order valence-corrected chi connectivity index (χ2v) is 4.03. The van der Waals surface area contributed by atoms with Crippen LogP contribution in [0.3, 0.4) is 0 Å². The summed E-state index contributed by atoms with van der Waals surface area (Å²) in [5.74, 6) is -2.61. The molecule has 1 aliphatic carbocycles. The highest BCUT2D eigenvalue weighted by atomic mass is 19.3. The minimum atomic E-state index is -2.61. The molecular formula is C11H13F2N. The average molecular weight is 197 g/mol. The van der Waals surface area contributed by atoms with Crippen LogP contribution in [0, 0.1) is 6.92 Å². The zero-order valence-electron chi connectivity index (χ0n) is 8.06. The van der Waals surface area contributed by atoms with Crippen molar-refractivity contribution < 1.29 is 8.78 Å². The molecule has 14 heavy (non-hydrogen) atoms. The summed E-state index contributed by atoms with van der Waals surface area (Å²) >= 11 is 0. The fraction of sp³-hybridized carbons (Fsp3) is 0.455. The first kappa shape index (κ1) is 9.59. The molecular weight excluding hydrogens is 184 g/mol. The highest BCUT2D eigenvalue weighted by molar-refractivity contribution is 5.39. The van der Waals surface area contributed by atoms with Gasteiger partial charge in [0.05, 0.1) is 5.41 Å². The molecule has 0 heterocycles. The molecule has 1 aromatic carbocycles. The lowest BCUT2D eigenvalue weighted by Gasteiger charge is -2.14. The van der Waals surface area contributed by atoms with Gasteiger partial charge < -0.3 is 5.73 Å². The van der Waals surface area contributed by atoms with Gasteiger partial charge in [0.2, 0.25) is 0 Å². The lowest BCUT2D eigenvalue weighted by Crippen LogP contribution is -2.26. The first-order valence-electron chi connectivity index (χ1n) is 4.67. The van der Waals surface area contributed by atoms with Gasteiger partial charge in [-0.15, -0.1) is 0 Å². The van der Waals surface area contributed by atoms with Gasteiger partial charge in [0, 0.05) is 13.0 Å². The van der Waals surface area contributed by atoms with Crippen LogP contribution in [-0.4, -0.2) is 12.5 Å². The summed E-state index contributed by atoms with van der Waals surface area (Å²) in [6.45, 7) is 1.95. The smallest absolute Gasteiger partial charge is 0.260 e. The van der Waals surface area contributed by atoms with Crippen molar-refractivity contribution in [2.45, 2.75) is 24.7 Å². The average Bonchev–Trinajstić information content (AvgIpc) is 2.71. The first-order valence-corrected chi connectivity index (χ1v) is 4.67. The van der Waals surface area contributed by atoms with Gasteiger partial charge in [0.25, 0.3) is 5.92 Å². The summed E-state index contributed by atoms with van der Waals surface area (Å²) in [4.78, 5) is 0. The van der Waals surface area contributed by atoms with E-state index < -0.39 is 11.3 Å². The Bertz CT molecular complexity index is 345. The SMILES string of the molecule is Cc1ccc(C2(CN)CC2(F)F)cc1. The Labute approximate surface area is 81.9 Å². The summed E-state index contributed by atoms with van der Waals surface area (Å²) in [5.41, 5.74) is 6.09. The van der Waals surface area contributed by atoms with Crippen molar-refractivity contribution >= 4 is 0 Å². The predicted molar refractivity (Wildman–Crippen MR) is 51.5 cm³/mol. The third kappa shape index (κ3) is 1.16. The van der Waals surface area contributed by atoms with Crippen LogP contribution in [0.15, 0.2) is 24.3 Å². The van der Waals surface area contributed by atoms with E-state index >= 15 is 0 Å². The largest absolute Gasteiger partial charge is 0.329 e. The molecule has 1 aromatic rings. The van der Waals surface area contributed by atoms with Crippen molar-refractivity contribution in [2.75, 3.05) is 6.54 Å². The van der Waals surface area contributed by atoms with Crippen molar-refractivity contribution in [3.8, 4) is 0 Å². The Balaban J connectivity index is 2.36. The molecule has 0 spiro atoms. The normalized spacial score (nSPS) is 28.9. The van der Waals surface area contributed by atoms with E-state index in [-0.39, 0.29) is 13.0 Å². The second kappa shape index (κ2) is 2.76. The molecule has 2 rings (SSSR count). The van der Waals surface area contributed by atoms with Gasteiger partial charge in [-0.05, 0) is 12.5 Å². The van der Waals surface area contributed by atoms with Crippen LogP contribution in [0.5, 0.6) is 0 Å². The summed E-state index contributed by atoms with van der Waals surface area (Å²) in [6.07, 6.45) is -0.112. The van der Waals surface area contributed by atoms with Crippen molar-refractivity contribution in [1.29, 1.82) is 0 Å². The van der Waals surface area contributed by atoms with Gasteiger partial charge in [-0.25, -0.2) is 8.78 Å². The van der Waals surface area contributed by atoms with Crippen LogP contribution >= 0.6 is 0 Å². The van der Waals surface area contributed by atoms with Crippen LogP contribution < -0.4 is 5.73 Å². The Morgan fingerprint density at radius 1 is 1.29 bits per heavy atom. The van der Waals surface area contributed by atoms with Crippen LogP contribution in [0.25, 0.3) is 0 Å². The molecule has 1 saturated carbocycles. The van der Waals surface area contributed by atoms with Crippen molar-refractivity contribution in [2.24, 2.45) is 5.73 Å². The van der Waals surface area contributed by atoms with Gasteiger partial charge in [0.1, 0.15) is 0 Å². The number of hydrogen-bond acceptors (Lipinski definition) is 1. The highest BCUT2D eigenvalue weighted by Gasteiger charge is 2.70. The maximum absolute atomic E-state index is 13.2. The Kier molecular flexibility index (Phi) is 1.89. The molecule has 1 nitrogen and oxygen atoms in total. The fourth-order valence-electron chi connectivity index (χ4n) is 1.86. The summed E-state index contributed by atoms with van der Waals surface area (Å²) < 4.78 is 26.3. The lowest BCUT2D eigenvalue weighted by molar-refractivity contribution is 0.0896. The third-order valence-corrected chi connectivity index (χ3v) is 3.05. The van der Waals surface area contributed by atoms with Gasteiger partial charge >= 0.3 is 0 Å². The van der Waals surface area contributed by atoms with E-state index in [0.717, 1.165) is 5.56 Å². The third-order valence-electron chi connectivity index (χ3n) is 3.05. The molecule has 0 bridgehead atoms. The molecule has 2 N–H and O–H groups in total. The second-order valence-electron chi connectivity index (χ2n) is 4.03. The van der Waals surface area contributed by atoms with Crippen molar-refractivity contribution in [3.05, 3.63) is 35.4 Å². The van der Waals surface area contributed by atoms with Crippen LogP contribution in [0.2, 0.25) is 0 Å². The molecule has 0 aliphatic heterocycles. The van der Waals surface area contributed by atoms with E-state index in [9.17, 15) is 8.78 Å². The molecule has 1 aliphatic rings. The molecule has 0 amide bonds. The monoisotopic (exact) mass is 197 g/mol.